The molecule has 0 fully saturated rings. The molecule has 0 aliphatic heterocycles. The lowest BCUT2D eigenvalue weighted by molar-refractivity contribution is 0.0692. The number of nitrogens with zero attached hydrogens (tertiary/aromatic N) is 2. The Labute approximate surface area is 121 Å². The van der Waals surface area contributed by atoms with Crippen LogP contribution in [0.3, 0.4) is 0 Å². The lowest BCUT2D eigenvalue weighted by atomic mass is 10.3. The second kappa shape index (κ2) is 6.12. The van der Waals surface area contributed by atoms with Crippen LogP contribution in [0.5, 0.6) is 0 Å². The number of aromatic nitrogens is 3. The van der Waals surface area contributed by atoms with Crippen LogP contribution in [0.2, 0.25) is 0 Å². The second-order valence-electron chi connectivity index (χ2n) is 4.77. The zero-order valence-corrected chi connectivity index (χ0v) is 11.8. The van der Waals surface area contributed by atoms with Gasteiger partial charge in [-0.2, -0.15) is 5.10 Å². The first-order chi connectivity index (χ1) is 9.95. The average molecular weight is 291 g/mol. The fourth-order valence-electron chi connectivity index (χ4n) is 1.97. The molecule has 0 spiro atoms. The van der Waals surface area contributed by atoms with Gasteiger partial charge in [-0.1, -0.05) is 0 Å². The maximum absolute atomic E-state index is 11.9. The summed E-state index contributed by atoms with van der Waals surface area (Å²) in [6.07, 6.45) is 3.46. The van der Waals surface area contributed by atoms with E-state index in [0.717, 1.165) is 0 Å². The zero-order chi connectivity index (χ0) is 15.4. The quantitative estimate of drug-likeness (QED) is 0.667. The van der Waals surface area contributed by atoms with Crippen molar-refractivity contribution in [3.8, 4) is 0 Å². The van der Waals surface area contributed by atoms with Gasteiger partial charge in [-0.15, -0.1) is 0 Å². The molecule has 2 heterocycles. The Kier molecular flexibility index (Phi) is 4.27. The van der Waals surface area contributed by atoms with E-state index in [1.165, 1.54) is 0 Å². The smallest absolute Gasteiger partial charge is 0.354 e. The van der Waals surface area contributed by atoms with Crippen LogP contribution in [0, 0.1) is 6.92 Å². The normalized spacial score (nSPS) is 11.9. The molecule has 2 amide bonds. The highest BCUT2D eigenvalue weighted by atomic mass is 16.4. The number of aromatic carboxylic acids is 1. The SMILES string of the molecule is Cc1cc(NC(=O)NC(C)Cn2cccn2)c(C(=O)O)[nH]1. The van der Waals surface area contributed by atoms with Crippen LogP contribution in [-0.4, -0.2) is 37.9 Å². The number of aromatic amines is 1. The third-order valence-electron chi connectivity index (χ3n) is 2.81. The van der Waals surface area contributed by atoms with E-state index in [0.29, 0.717) is 12.2 Å². The number of nitrogens with one attached hydrogen (secondary N) is 3. The first-order valence-corrected chi connectivity index (χ1v) is 6.43. The van der Waals surface area contributed by atoms with Crippen LogP contribution in [0.25, 0.3) is 0 Å². The van der Waals surface area contributed by atoms with Crippen molar-refractivity contribution in [3.63, 3.8) is 0 Å². The summed E-state index contributed by atoms with van der Waals surface area (Å²) in [6, 6.07) is 2.75. The number of rotatable bonds is 5. The van der Waals surface area contributed by atoms with Gasteiger partial charge < -0.3 is 20.7 Å². The first kappa shape index (κ1) is 14.6. The molecule has 0 bridgehead atoms. The molecular formula is C13H17N5O3. The number of H-pyrrole nitrogens is 1. The first-order valence-electron chi connectivity index (χ1n) is 6.43. The summed E-state index contributed by atoms with van der Waals surface area (Å²) in [5.41, 5.74) is 0.860. The predicted octanol–water partition coefficient (Wildman–Crippen LogP) is 1.43. The number of hydrogen-bond donors (Lipinski definition) is 4. The van der Waals surface area contributed by atoms with Crippen molar-refractivity contribution in [3.05, 3.63) is 35.9 Å². The molecule has 4 N–H and O–H groups in total. The maximum atomic E-state index is 11.9. The van der Waals surface area contributed by atoms with Gasteiger partial charge in [0.05, 0.1) is 12.2 Å². The summed E-state index contributed by atoms with van der Waals surface area (Å²) in [4.78, 5) is 25.6. The molecule has 1 atom stereocenters. The minimum Gasteiger partial charge on any atom is -0.477 e. The van der Waals surface area contributed by atoms with Crippen molar-refractivity contribution in [2.75, 3.05) is 5.32 Å². The number of hydrogen-bond acceptors (Lipinski definition) is 3. The molecule has 2 aromatic rings. The molecule has 1 unspecified atom stereocenters. The highest BCUT2D eigenvalue weighted by Gasteiger charge is 2.16. The van der Waals surface area contributed by atoms with Gasteiger partial charge in [-0.25, -0.2) is 9.59 Å². The van der Waals surface area contributed by atoms with E-state index < -0.39 is 12.0 Å². The average Bonchev–Trinajstić information content (AvgIpc) is 2.98. The molecule has 2 aromatic heterocycles. The third kappa shape index (κ3) is 3.85. The number of aryl methyl sites for hydroxylation is 1. The molecule has 21 heavy (non-hydrogen) atoms. The number of amides is 2. The van der Waals surface area contributed by atoms with Crippen LogP contribution in [0.15, 0.2) is 24.5 Å². The molecule has 0 aliphatic carbocycles. The monoisotopic (exact) mass is 291 g/mol. The van der Waals surface area contributed by atoms with Crippen molar-refractivity contribution in [2.45, 2.75) is 26.4 Å². The van der Waals surface area contributed by atoms with Crippen LogP contribution in [0.1, 0.15) is 23.1 Å². The van der Waals surface area contributed by atoms with Crippen LogP contribution in [0.4, 0.5) is 10.5 Å². The molecule has 0 radical (unpaired) electrons. The fourth-order valence-corrected chi connectivity index (χ4v) is 1.97. The number of carbonyl (C=O) groups is 2. The van der Waals surface area contributed by atoms with E-state index >= 15 is 0 Å². The van der Waals surface area contributed by atoms with Gasteiger partial charge >= 0.3 is 12.0 Å². The minimum atomic E-state index is -1.12. The van der Waals surface area contributed by atoms with Gasteiger partial charge in [0.2, 0.25) is 0 Å². The molecule has 0 aliphatic rings. The van der Waals surface area contributed by atoms with E-state index in [2.05, 4.69) is 20.7 Å². The number of carboxylic acid groups (broad SMARTS) is 1. The highest BCUT2D eigenvalue weighted by Crippen LogP contribution is 2.16. The zero-order valence-electron chi connectivity index (χ0n) is 11.8. The van der Waals surface area contributed by atoms with Gasteiger partial charge in [0, 0.05) is 24.1 Å². The Morgan fingerprint density at radius 2 is 2.29 bits per heavy atom. The highest BCUT2D eigenvalue weighted by molar-refractivity contribution is 5.99. The fraction of sp³-hybridized carbons (Fsp3) is 0.308. The summed E-state index contributed by atoms with van der Waals surface area (Å²) >= 11 is 0. The van der Waals surface area contributed by atoms with Gasteiger partial charge in [-0.3, -0.25) is 4.68 Å². The Hall–Kier alpha value is -2.77. The Bertz CT molecular complexity index is 632. The lowest BCUT2D eigenvalue weighted by Crippen LogP contribution is -2.38. The molecule has 2 rings (SSSR count). The van der Waals surface area contributed by atoms with Gasteiger partial charge in [0.25, 0.3) is 0 Å². The largest absolute Gasteiger partial charge is 0.477 e. The van der Waals surface area contributed by atoms with Crippen molar-refractivity contribution in [2.24, 2.45) is 0 Å². The molecule has 0 aromatic carbocycles. The molecule has 112 valence electrons. The van der Waals surface area contributed by atoms with Gasteiger partial charge in [0.15, 0.2) is 0 Å². The van der Waals surface area contributed by atoms with E-state index in [1.54, 1.807) is 36.1 Å². The summed E-state index contributed by atoms with van der Waals surface area (Å²) in [7, 11) is 0. The Morgan fingerprint density at radius 3 is 2.90 bits per heavy atom. The van der Waals surface area contributed by atoms with E-state index in [-0.39, 0.29) is 17.4 Å². The van der Waals surface area contributed by atoms with Gasteiger partial charge in [-0.05, 0) is 26.0 Å². The van der Waals surface area contributed by atoms with E-state index in [9.17, 15) is 9.59 Å². The van der Waals surface area contributed by atoms with Crippen molar-refractivity contribution >= 4 is 17.7 Å². The topological polar surface area (TPSA) is 112 Å². The molecule has 0 saturated carbocycles. The maximum Gasteiger partial charge on any atom is 0.354 e. The predicted molar refractivity (Wildman–Crippen MR) is 76.3 cm³/mol. The lowest BCUT2D eigenvalue weighted by Gasteiger charge is -2.14. The van der Waals surface area contributed by atoms with Crippen molar-refractivity contribution < 1.29 is 14.7 Å². The number of carboxylic acids is 1. The summed E-state index contributed by atoms with van der Waals surface area (Å²) in [5.74, 6) is -1.12. The number of urea groups is 1. The van der Waals surface area contributed by atoms with Crippen molar-refractivity contribution in [1.82, 2.24) is 20.1 Å². The van der Waals surface area contributed by atoms with Gasteiger partial charge in [0.1, 0.15) is 5.69 Å². The third-order valence-corrected chi connectivity index (χ3v) is 2.81. The molecule has 8 nitrogen and oxygen atoms in total. The Morgan fingerprint density at radius 1 is 1.52 bits per heavy atom. The molecule has 8 heteroatoms. The summed E-state index contributed by atoms with van der Waals surface area (Å²) in [6.45, 7) is 4.08. The summed E-state index contributed by atoms with van der Waals surface area (Å²) < 4.78 is 1.70. The standard InChI is InChI=1S/C13H17N5O3/c1-8-6-10(11(15-8)12(19)20)17-13(21)16-9(2)7-18-5-3-4-14-18/h3-6,9,15H,7H2,1-2H3,(H,19,20)(H2,16,17,21). The van der Waals surface area contributed by atoms with Crippen LogP contribution >= 0.6 is 0 Å². The summed E-state index contributed by atoms with van der Waals surface area (Å²) in [5, 5.41) is 18.3. The van der Waals surface area contributed by atoms with Crippen LogP contribution in [-0.2, 0) is 6.54 Å². The van der Waals surface area contributed by atoms with Crippen molar-refractivity contribution in [1.29, 1.82) is 0 Å². The minimum absolute atomic E-state index is 0.0395. The molecular weight excluding hydrogens is 274 g/mol. The van der Waals surface area contributed by atoms with Crippen LogP contribution < -0.4 is 10.6 Å². The Balaban J connectivity index is 1.94. The number of anilines is 1. The number of carbonyl (C=O) groups excluding carboxylic acids is 1. The second-order valence-corrected chi connectivity index (χ2v) is 4.77. The molecule has 0 saturated heterocycles. The van der Waals surface area contributed by atoms with E-state index in [1.807, 2.05) is 6.92 Å². The van der Waals surface area contributed by atoms with E-state index in [4.69, 9.17) is 5.11 Å².